The van der Waals surface area contributed by atoms with Crippen LogP contribution in [0.4, 0.5) is 17.1 Å². The van der Waals surface area contributed by atoms with Crippen LogP contribution in [0.1, 0.15) is 24.2 Å². The molecule has 8 heteroatoms. The highest BCUT2D eigenvalue weighted by atomic mass is 35.5. The smallest absolute Gasteiger partial charge is 0.248 e. The van der Waals surface area contributed by atoms with E-state index in [1.165, 1.54) is 19.1 Å². The molecule has 0 heterocycles. The number of hydrogen-bond acceptors (Lipinski definition) is 4. The molecule has 2 aromatic rings. The molecule has 0 saturated carbocycles. The summed E-state index contributed by atoms with van der Waals surface area (Å²) >= 11 is 6.11. The third-order valence-electron chi connectivity index (χ3n) is 3.49. The lowest BCUT2D eigenvalue weighted by atomic mass is 10.2. The van der Waals surface area contributed by atoms with Crippen molar-refractivity contribution in [3.8, 4) is 0 Å². The van der Waals surface area contributed by atoms with Crippen molar-refractivity contribution < 1.29 is 14.4 Å². The van der Waals surface area contributed by atoms with Crippen LogP contribution in [0.3, 0.4) is 0 Å². The molecule has 7 nitrogen and oxygen atoms in total. The zero-order chi connectivity index (χ0) is 19.3. The van der Waals surface area contributed by atoms with E-state index in [2.05, 4.69) is 16.0 Å². The lowest BCUT2D eigenvalue weighted by Crippen LogP contribution is -2.31. The highest BCUT2D eigenvalue weighted by Gasteiger charge is 2.14. The summed E-state index contributed by atoms with van der Waals surface area (Å²) in [6.07, 6.45) is 0. The highest BCUT2D eigenvalue weighted by Crippen LogP contribution is 2.26. The lowest BCUT2D eigenvalue weighted by Gasteiger charge is -2.16. The van der Waals surface area contributed by atoms with Gasteiger partial charge in [0.1, 0.15) is 6.04 Å². The number of nitrogens with two attached hydrogens (primary N) is 1. The molecule has 0 saturated heterocycles. The van der Waals surface area contributed by atoms with E-state index in [0.29, 0.717) is 27.6 Å². The van der Waals surface area contributed by atoms with E-state index >= 15 is 0 Å². The van der Waals surface area contributed by atoms with Crippen molar-refractivity contribution in [2.45, 2.75) is 19.9 Å². The fourth-order valence-electron chi connectivity index (χ4n) is 2.18. The number of rotatable bonds is 6. The molecular weight excluding hydrogens is 356 g/mol. The predicted molar refractivity (Wildman–Crippen MR) is 102 cm³/mol. The van der Waals surface area contributed by atoms with Crippen molar-refractivity contribution in [1.29, 1.82) is 0 Å². The molecule has 26 heavy (non-hydrogen) atoms. The van der Waals surface area contributed by atoms with E-state index < -0.39 is 11.9 Å². The Labute approximate surface area is 155 Å². The van der Waals surface area contributed by atoms with Crippen LogP contribution in [0, 0.1) is 0 Å². The van der Waals surface area contributed by atoms with Crippen LogP contribution in [0.15, 0.2) is 42.5 Å². The minimum absolute atomic E-state index is 0.220. The van der Waals surface area contributed by atoms with Gasteiger partial charge in [-0.2, -0.15) is 0 Å². The summed E-state index contributed by atoms with van der Waals surface area (Å²) in [7, 11) is 0. The van der Waals surface area contributed by atoms with Gasteiger partial charge in [-0.25, -0.2) is 0 Å². The third kappa shape index (κ3) is 5.22. The first-order valence-electron chi connectivity index (χ1n) is 7.80. The molecule has 1 unspecified atom stereocenters. The first-order chi connectivity index (χ1) is 12.3. The summed E-state index contributed by atoms with van der Waals surface area (Å²) in [6.45, 7) is 3.09. The van der Waals surface area contributed by atoms with E-state index in [1.54, 1.807) is 37.3 Å². The summed E-state index contributed by atoms with van der Waals surface area (Å²) in [5, 5.41) is 8.74. The molecule has 1 atom stereocenters. The minimum Gasteiger partial charge on any atom is -0.374 e. The second-order valence-corrected chi connectivity index (χ2v) is 6.08. The van der Waals surface area contributed by atoms with E-state index in [0.717, 1.165) is 0 Å². The van der Waals surface area contributed by atoms with Gasteiger partial charge in [0.15, 0.2) is 0 Å². The zero-order valence-corrected chi connectivity index (χ0v) is 15.1. The zero-order valence-electron chi connectivity index (χ0n) is 14.3. The molecule has 0 aromatic heterocycles. The van der Waals surface area contributed by atoms with Crippen molar-refractivity contribution in [3.63, 3.8) is 0 Å². The second-order valence-electron chi connectivity index (χ2n) is 5.67. The molecular formula is C18H19ClN4O3. The Hall–Kier alpha value is -3.06. The number of nitrogens with one attached hydrogen (secondary N) is 3. The Bertz CT molecular complexity index is 837. The maximum absolute atomic E-state index is 12.3. The van der Waals surface area contributed by atoms with Crippen molar-refractivity contribution in [2.75, 3.05) is 16.0 Å². The molecule has 0 aliphatic carbocycles. The molecule has 0 aliphatic rings. The lowest BCUT2D eigenvalue weighted by molar-refractivity contribution is -0.116. The number of primary amides is 1. The van der Waals surface area contributed by atoms with Gasteiger partial charge in [-0.05, 0) is 49.4 Å². The van der Waals surface area contributed by atoms with Crippen LogP contribution in [0.5, 0.6) is 0 Å². The van der Waals surface area contributed by atoms with E-state index in [1.807, 2.05) is 0 Å². The van der Waals surface area contributed by atoms with E-state index in [-0.39, 0.29) is 11.8 Å². The van der Waals surface area contributed by atoms with Crippen LogP contribution in [-0.4, -0.2) is 23.8 Å². The Balaban J connectivity index is 1.99. The Morgan fingerprint density at radius 1 is 1.00 bits per heavy atom. The van der Waals surface area contributed by atoms with Gasteiger partial charge in [-0.1, -0.05) is 11.6 Å². The molecule has 0 bridgehead atoms. The number of carbonyl (C=O) groups excluding carboxylic acids is 3. The third-order valence-corrected chi connectivity index (χ3v) is 3.81. The Morgan fingerprint density at radius 2 is 1.62 bits per heavy atom. The molecule has 3 amide bonds. The van der Waals surface area contributed by atoms with Gasteiger partial charge in [-0.15, -0.1) is 0 Å². The molecule has 0 spiro atoms. The Morgan fingerprint density at radius 3 is 2.15 bits per heavy atom. The standard InChI is InChI=1S/C18H19ClN4O3/c1-10(18(26)23-13-5-3-12(4-6-13)17(20)25)21-14-7-8-16(15(19)9-14)22-11(2)24/h3-10,21H,1-2H3,(H2,20,25)(H,22,24)(H,23,26). The summed E-state index contributed by atoms with van der Waals surface area (Å²) in [5.41, 5.74) is 7.22. The van der Waals surface area contributed by atoms with Crippen molar-refractivity contribution in [1.82, 2.24) is 0 Å². The van der Waals surface area contributed by atoms with Crippen molar-refractivity contribution in [2.24, 2.45) is 5.73 Å². The number of hydrogen-bond donors (Lipinski definition) is 4. The van der Waals surface area contributed by atoms with Crippen LogP contribution < -0.4 is 21.7 Å². The Kier molecular flexibility index (Phi) is 6.19. The van der Waals surface area contributed by atoms with Crippen LogP contribution in [-0.2, 0) is 9.59 Å². The van der Waals surface area contributed by atoms with Crippen molar-refractivity contribution >= 4 is 46.4 Å². The highest BCUT2D eigenvalue weighted by molar-refractivity contribution is 6.34. The maximum atomic E-state index is 12.3. The van der Waals surface area contributed by atoms with Gasteiger partial charge in [0.25, 0.3) is 0 Å². The van der Waals surface area contributed by atoms with Gasteiger partial charge in [-0.3, -0.25) is 14.4 Å². The molecule has 5 N–H and O–H groups in total. The normalized spacial score (nSPS) is 11.3. The predicted octanol–water partition coefficient (Wildman–Crippen LogP) is 2.84. The summed E-state index contributed by atoms with van der Waals surface area (Å²) in [4.78, 5) is 34.4. The number of carbonyl (C=O) groups is 3. The fraction of sp³-hybridized carbons (Fsp3) is 0.167. The quantitative estimate of drug-likeness (QED) is 0.622. The maximum Gasteiger partial charge on any atom is 0.248 e. The molecule has 2 aromatic carbocycles. The van der Waals surface area contributed by atoms with Gasteiger partial charge in [0.2, 0.25) is 17.7 Å². The van der Waals surface area contributed by atoms with Crippen LogP contribution in [0.2, 0.25) is 5.02 Å². The van der Waals surface area contributed by atoms with Gasteiger partial charge >= 0.3 is 0 Å². The van der Waals surface area contributed by atoms with E-state index in [9.17, 15) is 14.4 Å². The van der Waals surface area contributed by atoms with Crippen molar-refractivity contribution in [3.05, 3.63) is 53.1 Å². The van der Waals surface area contributed by atoms with E-state index in [4.69, 9.17) is 17.3 Å². The average molecular weight is 375 g/mol. The fourth-order valence-corrected chi connectivity index (χ4v) is 2.41. The largest absolute Gasteiger partial charge is 0.374 e. The van der Waals surface area contributed by atoms with Gasteiger partial charge in [0.05, 0.1) is 10.7 Å². The number of halogens is 1. The summed E-state index contributed by atoms with van der Waals surface area (Å²) < 4.78 is 0. The monoisotopic (exact) mass is 374 g/mol. The first kappa shape index (κ1) is 19.3. The topological polar surface area (TPSA) is 113 Å². The molecule has 0 fully saturated rings. The second kappa shape index (κ2) is 8.35. The molecule has 0 radical (unpaired) electrons. The number of amides is 3. The number of anilines is 3. The molecule has 2 rings (SSSR count). The van der Waals surface area contributed by atoms with Gasteiger partial charge < -0.3 is 21.7 Å². The number of benzene rings is 2. The SMILES string of the molecule is CC(=O)Nc1ccc(NC(C)C(=O)Nc2ccc(C(N)=O)cc2)cc1Cl. The minimum atomic E-state index is -0.548. The summed E-state index contributed by atoms with van der Waals surface area (Å²) in [5.74, 6) is -1.01. The van der Waals surface area contributed by atoms with Gasteiger partial charge in [0, 0.05) is 23.9 Å². The van der Waals surface area contributed by atoms with Crippen LogP contribution in [0.25, 0.3) is 0 Å². The average Bonchev–Trinajstić information content (AvgIpc) is 2.57. The molecule has 136 valence electrons. The molecule has 0 aliphatic heterocycles. The van der Waals surface area contributed by atoms with Crippen LogP contribution >= 0.6 is 11.6 Å². The first-order valence-corrected chi connectivity index (χ1v) is 8.18. The summed E-state index contributed by atoms with van der Waals surface area (Å²) in [6, 6.07) is 10.7.